The average Bonchev–Trinajstić information content (AvgIpc) is 3.14. The third-order valence-electron chi connectivity index (χ3n) is 4.55. The second-order valence-corrected chi connectivity index (χ2v) is 5.80. The number of hydrogen-bond acceptors (Lipinski definition) is 4. The average molecular weight is 315 g/mol. The number of fused-ring (bicyclic) bond motifs is 4. The van der Waals surface area contributed by atoms with Crippen LogP contribution in [0.2, 0.25) is 0 Å². The summed E-state index contributed by atoms with van der Waals surface area (Å²) in [6, 6.07) is 6.21. The zero-order valence-electron chi connectivity index (χ0n) is 11.9. The molecule has 2 aliphatic heterocycles. The summed E-state index contributed by atoms with van der Waals surface area (Å²) in [5.74, 6) is -0.635. The Bertz CT molecular complexity index is 851. The van der Waals surface area contributed by atoms with Gasteiger partial charge in [0.1, 0.15) is 11.9 Å². The number of anilines is 1. The highest BCUT2D eigenvalue weighted by Crippen LogP contribution is 2.43. The van der Waals surface area contributed by atoms with Gasteiger partial charge >= 0.3 is 6.09 Å². The first-order valence-corrected chi connectivity index (χ1v) is 7.02. The molecule has 1 aromatic carbocycles. The van der Waals surface area contributed by atoms with Gasteiger partial charge in [-0.15, -0.1) is 0 Å². The number of rotatable bonds is 1. The van der Waals surface area contributed by atoms with Crippen LogP contribution in [0.4, 0.5) is 10.6 Å². The van der Waals surface area contributed by atoms with E-state index < -0.39 is 23.6 Å². The van der Waals surface area contributed by atoms with Crippen LogP contribution in [0.5, 0.6) is 0 Å². The molecule has 4 N–H and O–H groups in total. The van der Waals surface area contributed by atoms with Gasteiger partial charge in [-0.1, -0.05) is 12.1 Å². The lowest BCUT2D eigenvalue weighted by atomic mass is 9.96. The maximum atomic E-state index is 12.6. The molecule has 1 spiro atoms. The number of nitrogens with one attached hydrogen (secondary N) is 1. The van der Waals surface area contributed by atoms with E-state index in [1.54, 1.807) is 6.07 Å². The highest BCUT2D eigenvalue weighted by atomic mass is 16.4. The maximum absolute atomic E-state index is 12.6. The Morgan fingerprint density at radius 3 is 2.78 bits per heavy atom. The quantitative estimate of drug-likeness (QED) is 0.677. The number of carbonyl (C=O) groups excluding carboxylic acids is 2. The van der Waals surface area contributed by atoms with Crippen molar-refractivity contribution in [1.82, 2.24) is 14.7 Å². The lowest BCUT2D eigenvalue weighted by Crippen LogP contribution is -2.44. The largest absolute Gasteiger partial charge is 0.465 e. The number of likely N-dealkylation sites (tertiary alicyclic amines) is 1. The summed E-state index contributed by atoms with van der Waals surface area (Å²) in [4.78, 5) is 36.5. The second kappa shape index (κ2) is 4.22. The van der Waals surface area contributed by atoms with Crippen LogP contribution in [-0.4, -0.2) is 50.3 Å². The van der Waals surface area contributed by atoms with Gasteiger partial charge in [-0.2, -0.15) is 5.10 Å². The van der Waals surface area contributed by atoms with Gasteiger partial charge in [0, 0.05) is 11.8 Å². The van der Waals surface area contributed by atoms with Crippen molar-refractivity contribution in [1.29, 1.82) is 0 Å². The number of carbonyl (C=O) groups is 3. The molecule has 4 rings (SSSR count). The topological polar surface area (TPSA) is 131 Å². The summed E-state index contributed by atoms with van der Waals surface area (Å²) in [6.07, 6.45) is -1.31. The molecule has 2 aliphatic rings. The summed E-state index contributed by atoms with van der Waals surface area (Å²) in [6.45, 7) is -0.164. The van der Waals surface area contributed by atoms with Crippen LogP contribution in [-0.2, 0) is 15.1 Å². The molecule has 3 heterocycles. The Morgan fingerprint density at radius 2 is 2.13 bits per heavy atom. The summed E-state index contributed by atoms with van der Waals surface area (Å²) in [5, 5.41) is 17.3. The van der Waals surface area contributed by atoms with E-state index in [4.69, 9.17) is 5.73 Å². The van der Waals surface area contributed by atoms with Crippen LogP contribution >= 0.6 is 0 Å². The fourth-order valence-electron chi connectivity index (χ4n) is 3.44. The number of primary amides is 1. The maximum Gasteiger partial charge on any atom is 0.408 e. The first-order valence-electron chi connectivity index (χ1n) is 7.02. The van der Waals surface area contributed by atoms with Gasteiger partial charge in [0.25, 0.3) is 5.91 Å². The van der Waals surface area contributed by atoms with Crippen molar-refractivity contribution in [2.45, 2.75) is 18.0 Å². The van der Waals surface area contributed by atoms with Crippen LogP contribution in [0, 0.1) is 0 Å². The molecular formula is C14H13N5O4. The third kappa shape index (κ3) is 1.61. The van der Waals surface area contributed by atoms with Crippen LogP contribution < -0.4 is 11.1 Å². The van der Waals surface area contributed by atoms with Crippen molar-refractivity contribution < 1.29 is 19.5 Å². The molecule has 1 aromatic heterocycles. The van der Waals surface area contributed by atoms with Gasteiger partial charge in [-0.05, 0) is 12.1 Å². The molecule has 118 valence electrons. The number of benzene rings is 1. The molecule has 1 fully saturated rings. The lowest BCUT2D eigenvalue weighted by Gasteiger charge is -2.21. The monoisotopic (exact) mass is 315 g/mol. The van der Waals surface area contributed by atoms with Gasteiger partial charge in [0.2, 0.25) is 5.91 Å². The van der Waals surface area contributed by atoms with Crippen molar-refractivity contribution in [3.63, 3.8) is 0 Å². The smallest absolute Gasteiger partial charge is 0.408 e. The van der Waals surface area contributed by atoms with Gasteiger partial charge in [0.05, 0.1) is 12.1 Å². The van der Waals surface area contributed by atoms with Crippen molar-refractivity contribution in [2.24, 2.45) is 5.73 Å². The van der Waals surface area contributed by atoms with E-state index in [9.17, 15) is 19.5 Å². The molecule has 9 heteroatoms. The standard InChI is InChI=1S/C14H13N5O4/c15-10(20)9-5-14(6-18(9)13(22)23)12(21)16-11-7-3-1-2-4-8(7)17-19(11)14/h1-4,9H,5-6H2,(H2,15,20)(H,16,21)(H,22,23)/t9-,14+/m0/s1. The number of nitrogens with zero attached hydrogens (tertiary/aromatic N) is 3. The minimum absolute atomic E-state index is 0.0263. The number of aromatic nitrogens is 2. The summed E-state index contributed by atoms with van der Waals surface area (Å²) in [5.41, 5.74) is 4.75. The zero-order valence-corrected chi connectivity index (χ0v) is 11.9. The normalized spacial score (nSPS) is 25.8. The SMILES string of the molecule is NC(=O)[C@@H]1C[C@@]2(CN1C(=O)O)C(=O)Nc1c3ccccc3nn12. The zero-order chi connectivity index (χ0) is 16.4. The van der Waals surface area contributed by atoms with Crippen LogP contribution in [0.15, 0.2) is 24.3 Å². The molecule has 0 radical (unpaired) electrons. The molecule has 9 nitrogen and oxygen atoms in total. The van der Waals surface area contributed by atoms with E-state index in [0.717, 1.165) is 10.3 Å². The molecule has 0 bridgehead atoms. The van der Waals surface area contributed by atoms with E-state index in [1.807, 2.05) is 18.2 Å². The summed E-state index contributed by atoms with van der Waals surface area (Å²) < 4.78 is 1.50. The van der Waals surface area contributed by atoms with Crippen molar-refractivity contribution >= 4 is 34.6 Å². The van der Waals surface area contributed by atoms with E-state index >= 15 is 0 Å². The van der Waals surface area contributed by atoms with E-state index in [1.165, 1.54) is 4.68 Å². The lowest BCUT2D eigenvalue weighted by molar-refractivity contribution is -0.123. The Kier molecular flexibility index (Phi) is 2.48. The molecule has 0 unspecified atom stereocenters. The van der Waals surface area contributed by atoms with Crippen molar-refractivity contribution in [3.05, 3.63) is 24.3 Å². The molecule has 23 heavy (non-hydrogen) atoms. The first-order chi connectivity index (χ1) is 10.9. The van der Waals surface area contributed by atoms with E-state index in [0.29, 0.717) is 11.3 Å². The molecule has 0 aliphatic carbocycles. The van der Waals surface area contributed by atoms with Crippen LogP contribution in [0.1, 0.15) is 6.42 Å². The number of carboxylic acid groups (broad SMARTS) is 1. The fourth-order valence-corrected chi connectivity index (χ4v) is 3.44. The Labute approximate surface area is 129 Å². The predicted molar refractivity (Wildman–Crippen MR) is 78.7 cm³/mol. The predicted octanol–water partition coefficient (Wildman–Crippen LogP) is -0.0787. The molecular weight excluding hydrogens is 302 g/mol. The Balaban J connectivity index is 1.88. The fraction of sp³-hybridized carbons (Fsp3) is 0.286. The van der Waals surface area contributed by atoms with E-state index in [2.05, 4.69) is 10.4 Å². The van der Waals surface area contributed by atoms with Crippen molar-refractivity contribution in [2.75, 3.05) is 11.9 Å². The van der Waals surface area contributed by atoms with Gasteiger partial charge in [-0.3, -0.25) is 14.5 Å². The van der Waals surface area contributed by atoms with E-state index in [-0.39, 0.29) is 18.9 Å². The molecule has 1 saturated heterocycles. The van der Waals surface area contributed by atoms with Gasteiger partial charge < -0.3 is 16.2 Å². The summed E-state index contributed by atoms with van der Waals surface area (Å²) >= 11 is 0. The Hall–Kier alpha value is -3.10. The number of hydrogen-bond donors (Lipinski definition) is 3. The molecule has 0 saturated carbocycles. The number of amides is 3. The van der Waals surface area contributed by atoms with Gasteiger partial charge in [-0.25, -0.2) is 9.48 Å². The molecule has 2 aromatic rings. The highest BCUT2D eigenvalue weighted by molar-refractivity contribution is 6.08. The highest BCUT2D eigenvalue weighted by Gasteiger charge is 2.58. The molecule has 3 amide bonds. The summed E-state index contributed by atoms with van der Waals surface area (Å²) in [7, 11) is 0. The third-order valence-corrected chi connectivity index (χ3v) is 4.55. The van der Waals surface area contributed by atoms with Crippen LogP contribution in [0.25, 0.3) is 10.9 Å². The number of nitrogens with two attached hydrogens (primary N) is 1. The van der Waals surface area contributed by atoms with Gasteiger partial charge in [0.15, 0.2) is 5.54 Å². The second-order valence-electron chi connectivity index (χ2n) is 5.80. The van der Waals surface area contributed by atoms with Crippen LogP contribution in [0.3, 0.4) is 0 Å². The molecule has 2 atom stereocenters. The minimum Gasteiger partial charge on any atom is -0.465 e. The first kappa shape index (κ1) is 13.6. The minimum atomic E-state index is -1.29. The van der Waals surface area contributed by atoms with Crippen molar-refractivity contribution in [3.8, 4) is 0 Å². The Morgan fingerprint density at radius 1 is 1.39 bits per heavy atom.